The highest BCUT2D eigenvalue weighted by Crippen LogP contribution is 2.20. The van der Waals surface area contributed by atoms with E-state index in [2.05, 4.69) is 48.3 Å². The topological polar surface area (TPSA) is 44.7 Å². The van der Waals surface area contributed by atoms with Gasteiger partial charge in [0.2, 0.25) is 0 Å². The van der Waals surface area contributed by atoms with Gasteiger partial charge in [0.05, 0.1) is 13.2 Å². The van der Waals surface area contributed by atoms with Crippen LogP contribution in [-0.4, -0.2) is 44.6 Å². The van der Waals surface area contributed by atoms with Gasteiger partial charge in [0, 0.05) is 31.4 Å². The van der Waals surface area contributed by atoms with E-state index in [1.165, 1.54) is 11.3 Å². The van der Waals surface area contributed by atoms with Crippen LogP contribution in [0.1, 0.15) is 31.9 Å². The van der Waals surface area contributed by atoms with E-state index >= 15 is 0 Å². The molecule has 4 nitrogen and oxygen atoms in total. The third kappa shape index (κ3) is 4.99. The summed E-state index contributed by atoms with van der Waals surface area (Å²) >= 11 is 0. The van der Waals surface area contributed by atoms with Crippen molar-refractivity contribution in [2.24, 2.45) is 5.92 Å². The number of nitrogens with one attached hydrogen (secondary N) is 1. The minimum Gasteiger partial charge on any atom is -0.396 e. The van der Waals surface area contributed by atoms with Crippen LogP contribution < -0.4 is 10.2 Å². The van der Waals surface area contributed by atoms with Crippen LogP contribution in [0.4, 0.5) is 5.69 Å². The Morgan fingerprint density at radius 3 is 2.48 bits per heavy atom. The van der Waals surface area contributed by atoms with Crippen molar-refractivity contribution < 1.29 is 9.84 Å². The van der Waals surface area contributed by atoms with Crippen LogP contribution in [0.15, 0.2) is 24.3 Å². The normalized spacial score (nSPS) is 18.5. The van der Waals surface area contributed by atoms with E-state index in [1.54, 1.807) is 0 Å². The minimum atomic E-state index is 0.269. The Morgan fingerprint density at radius 2 is 1.86 bits per heavy atom. The van der Waals surface area contributed by atoms with Gasteiger partial charge < -0.3 is 20.1 Å². The Hall–Kier alpha value is -1.10. The highest BCUT2D eigenvalue weighted by molar-refractivity contribution is 5.48. The number of nitrogens with zero attached hydrogens (tertiary/aromatic N) is 1. The summed E-state index contributed by atoms with van der Waals surface area (Å²) in [6.07, 6.45) is 0.857. The van der Waals surface area contributed by atoms with Crippen molar-refractivity contribution in [3.05, 3.63) is 29.8 Å². The number of ether oxygens (including phenoxy) is 1. The number of hydrogen-bond donors (Lipinski definition) is 2. The first-order valence-corrected chi connectivity index (χ1v) is 7.97. The average molecular weight is 292 g/mol. The first kappa shape index (κ1) is 16.3. The molecule has 2 N–H and O–H groups in total. The summed E-state index contributed by atoms with van der Waals surface area (Å²) in [6.45, 7) is 9.16. The van der Waals surface area contributed by atoms with Gasteiger partial charge in [-0.05, 0) is 43.5 Å². The highest BCUT2D eigenvalue weighted by atomic mass is 16.5. The molecule has 0 amide bonds. The molecule has 1 aromatic rings. The lowest BCUT2D eigenvalue weighted by atomic mass is 10.1. The number of anilines is 1. The van der Waals surface area contributed by atoms with Gasteiger partial charge in [-0.15, -0.1) is 0 Å². The molecular weight excluding hydrogens is 264 g/mol. The molecule has 0 radical (unpaired) electrons. The molecule has 1 aliphatic rings. The van der Waals surface area contributed by atoms with E-state index in [-0.39, 0.29) is 6.61 Å². The Labute approximate surface area is 128 Å². The van der Waals surface area contributed by atoms with Gasteiger partial charge in [0.25, 0.3) is 0 Å². The van der Waals surface area contributed by atoms with Gasteiger partial charge >= 0.3 is 0 Å². The predicted molar refractivity (Wildman–Crippen MR) is 86.8 cm³/mol. The maximum atomic E-state index is 8.93. The summed E-state index contributed by atoms with van der Waals surface area (Å²) in [5, 5.41) is 12.5. The van der Waals surface area contributed by atoms with E-state index in [9.17, 15) is 0 Å². The third-order valence-corrected chi connectivity index (χ3v) is 4.16. The average Bonchev–Trinajstić information content (AvgIpc) is 2.54. The smallest absolute Gasteiger partial charge is 0.0642 e. The first-order valence-electron chi connectivity index (χ1n) is 7.97. The Kier molecular flexibility index (Phi) is 6.49. The summed E-state index contributed by atoms with van der Waals surface area (Å²) in [5.41, 5.74) is 2.59. The van der Waals surface area contributed by atoms with Crippen LogP contribution in [0.25, 0.3) is 0 Å². The summed E-state index contributed by atoms with van der Waals surface area (Å²) in [7, 11) is 0. The fourth-order valence-electron chi connectivity index (χ4n) is 2.61. The molecular formula is C17H28N2O2. The molecule has 118 valence electrons. The van der Waals surface area contributed by atoms with Gasteiger partial charge in [-0.25, -0.2) is 0 Å². The minimum absolute atomic E-state index is 0.269. The maximum absolute atomic E-state index is 8.93. The molecule has 1 saturated heterocycles. The lowest BCUT2D eigenvalue weighted by molar-refractivity contribution is 0.122. The Morgan fingerprint density at radius 1 is 1.19 bits per heavy atom. The van der Waals surface area contributed by atoms with Crippen molar-refractivity contribution in [1.29, 1.82) is 0 Å². The second-order valence-electron chi connectivity index (χ2n) is 5.94. The fourth-order valence-corrected chi connectivity index (χ4v) is 2.61. The fraction of sp³-hybridized carbons (Fsp3) is 0.647. The first-order chi connectivity index (χ1) is 10.2. The second kappa shape index (κ2) is 8.37. The molecule has 0 bridgehead atoms. The van der Waals surface area contributed by atoms with Crippen LogP contribution in [0.2, 0.25) is 0 Å². The van der Waals surface area contributed by atoms with E-state index < -0.39 is 0 Å². The second-order valence-corrected chi connectivity index (χ2v) is 5.94. The number of aliphatic hydroxyl groups excluding tert-OH is 1. The molecule has 0 saturated carbocycles. The molecule has 4 heteroatoms. The van der Waals surface area contributed by atoms with Crippen molar-refractivity contribution in [3.63, 3.8) is 0 Å². The molecule has 1 heterocycles. The molecule has 21 heavy (non-hydrogen) atoms. The van der Waals surface area contributed by atoms with E-state index in [0.717, 1.165) is 39.3 Å². The van der Waals surface area contributed by atoms with Crippen LogP contribution in [0.3, 0.4) is 0 Å². The Bertz CT molecular complexity index is 402. The summed E-state index contributed by atoms with van der Waals surface area (Å²) < 4.78 is 5.39. The van der Waals surface area contributed by atoms with Gasteiger partial charge in [-0.3, -0.25) is 0 Å². The monoisotopic (exact) mass is 292 g/mol. The van der Waals surface area contributed by atoms with Crippen molar-refractivity contribution >= 4 is 5.69 Å². The third-order valence-electron chi connectivity index (χ3n) is 4.16. The number of aliphatic hydroxyl groups is 1. The van der Waals surface area contributed by atoms with Crippen molar-refractivity contribution in [2.45, 2.75) is 26.3 Å². The Balaban J connectivity index is 1.85. The molecule has 1 fully saturated rings. The molecule has 2 unspecified atom stereocenters. The number of rotatable bonds is 7. The van der Waals surface area contributed by atoms with E-state index in [1.807, 2.05) is 0 Å². The molecule has 0 aromatic heterocycles. The summed E-state index contributed by atoms with van der Waals surface area (Å²) in [5.74, 6) is 0.505. The van der Waals surface area contributed by atoms with Crippen LogP contribution >= 0.6 is 0 Å². The van der Waals surface area contributed by atoms with Crippen LogP contribution in [-0.2, 0) is 4.74 Å². The molecule has 2 rings (SSSR count). The summed E-state index contributed by atoms with van der Waals surface area (Å²) in [4.78, 5) is 2.37. The number of hydrogen-bond acceptors (Lipinski definition) is 4. The maximum Gasteiger partial charge on any atom is 0.0642 e. The van der Waals surface area contributed by atoms with Crippen molar-refractivity contribution in [1.82, 2.24) is 5.32 Å². The zero-order chi connectivity index (χ0) is 15.1. The zero-order valence-electron chi connectivity index (χ0n) is 13.2. The largest absolute Gasteiger partial charge is 0.396 e. The van der Waals surface area contributed by atoms with Gasteiger partial charge in [-0.1, -0.05) is 19.1 Å². The number of benzene rings is 1. The standard InChI is InChI=1S/C17H28N2O2/c1-14(7-10-20)13-18-15(2)16-3-5-17(6-4-16)19-8-11-21-12-9-19/h3-6,14-15,18,20H,7-13H2,1-2H3. The van der Waals surface area contributed by atoms with Gasteiger partial charge in [0.15, 0.2) is 0 Å². The molecule has 0 spiro atoms. The molecule has 1 aliphatic heterocycles. The van der Waals surface area contributed by atoms with E-state index in [4.69, 9.17) is 9.84 Å². The van der Waals surface area contributed by atoms with Gasteiger partial charge in [-0.2, -0.15) is 0 Å². The molecule has 1 aromatic carbocycles. The summed E-state index contributed by atoms with van der Waals surface area (Å²) in [6, 6.07) is 9.16. The highest BCUT2D eigenvalue weighted by Gasteiger charge is 2.12. The van der Waals surface area contributed by atoms with Crippen molar-refractivity contribution in [2.75, 3.05) is 44.4 Å². The molecule has 2 atom stereocenters. The predicted octanol–water partition coefficient (Wildman–Crippen LogP) is 2.19. The molecule has 0 aliphatic carbocycles. The quantitative estimate of drug-likeness (QED) is 0.808. The lowest BCUT2D eigenvalue weighted by Gasteiger charge is -2.29. The van der Waals surface area contributed by atoms with Gasteiger partial charge in [0.1, 0.15) is 0 Å². The lowest BCUT2D eigenvalue weighted by Crippen LogP contribution is -2.36. The SMILES string of the molecule is CC(CCO)CNC(C)c1ccc(N2CCOCC2)cc1. The van der Waals surface area contributed by atoms with Crippen molar-refractivity contribution in [3.8, 4) is 0 Å². The zero-order valence-corrected chi connectivity index (χ0v) is 13.2. The van der Waals surface area contributed by atoms with Crippen LogP contribution in [0, 0.1) is 5.92 Å². The number of morpholine rings is 1. The van der Waals surface area contributed by atoms with Crippen LogP contribution in [0.5, 0.6) is 0 Å². The van der Waals surface area contributed by atoms with E-state index in [0.29, 0.717) is 12.0 Å².